The Morgan fingerprint density at radius 3 is 2.38 bits per heavy atom. The summed E-state index contributed by atoms with van der Waals surface area (Å²) in [5, 5.41) is 2.94. The molecule has 1 aliphatic carbocycles. The van der Waals surface area contributed by atoms with Gasteiger partial charge in [0.25, 0.3) is 0 Å². The van der Waals surface area contributed by atoms with Gasteiger partial charge >= 0.3 is 0 Å². The number of rotatable bonds is 7. The molecule has 1 fully saturated rings. The second-order valence-electron chi connectivity index (χ2n) is 10.0. The van der Waals surface area contributed by atoms with Crippen LogP contribution in [0.25, 0.3) is 0 Å². The number of aryl methyl sites for hydroxylation is 1. The molecule has 0 aromatic heterocycles. The molecule has 2 aromatic rings. The summed E-state index contributed by atoms with van der Waals surface area (Å²) in [4.78, 5) is 28.1. The maximum absolute atomic E-state index is 13.5. The van der Waals surface area contributed by atoms with E-state index in [9.17, 15) is 9.59 Å². The molecule has 2 amide bonds. The zero-order valence-corrected chi connectivity index (χ0v) is 21.7. The Balaban J connectivity index is 0.00000324. The topological polar surface area (TPSA) is 75.4 Å². The molecular weight excluding hydrogens is 466 g/mol. The minimum Gasteiger partial charge on any atom is -0.342 e. The van der Waals surface area contributed by atoms with Crippen LogP contribution >= 0.6 is 24.2 Å². The first kappa shape index (κ1) is 26.6. The first-order chi connectivity index (χ1) is 15.8. The number of likely N-dealkylation sites (tertiary alicyclic amines) is 1. The van der Waals surface area contributed by atoms with E-state index in [2.05, 4.69) is 41.7 Å². The molecule has 0 bridgehead atoms. The molecular formula is C27H36ClN3O2S. The van der Waals surface area contributed by atoms with E-state index in [0.29, 0.717) is 5.75 Å². The van der Waals surface area contributed by atoms with E-state index in [0.717, 1.165) is 38.1 Å². The number of carbonyl (C=O) groups is 2. The van der Waals surface area contributed by atoms with Crippen LogP contribution in [0.3, 0.4) is 0 Å². The van der Waals surface area contributed by atoms with Crippen molar-refractivity contribution in [3.8, 4) is 0 Å². The highest BCUT2D eigenvalue weighted by atomic mass is 35.5. The first-order valence-corrected chi connectivity index (χ1v) is 13.0. The van der Waals surface area contributed by atoms with Gasteiger partial charge in [0.1, 0.15) is 6.04 Å². The number of piperidine rings is 1. The van der Waals surface area contributed by atoms with Gasteiger partial charge in [-0.2, -0.15) is 11.8 Å². The lowest BCUT2D eigenvalue weighted by Crippen LogP contribution is -2.58. The van der Waals surface area contributed by atoms with Crippen LogP contribution in [0, 0.1) is 0 Å². The number of amides is 2. The Hall–Kier alpha value is -2.02. The number of thioether (sulfide) groups is 1. The molecule has 1 unspecified atom stereocenters. The van der Waals surface area contributed by atoms with Crippen LogP contribution in [-0.4, -0.2) is 47.1 Å². The SMILES string of the molecule is CC(C)(N)C(=O)NC(CSCc1ccccc1)C(=O)N1CCC2(CCc3ccccc32)CC1.Cl. The Kier molecular flexibility index (Phi) is 8.72. The number of nitrogens with two attached hydrogens (primary N) is 1. The number of fused-ring (bicyclic) bond motifs is 2. The van der Waals surface area contributed by atoms with E-state index < -0.39 is 11.6 Å². The molecule has 0 saturated carbocycles. The third-order valence-electron chi connectivity index (χ3n) is 7.08. The van der Waals surface area contributed by atoms with Crippen molar-refractivity contribution in [3.63, 3.8) is 0 Å². The number of halogens is 1. The van der Waals surface area contributed by atoms with Crippen molar-refractivity contribution in [2.45, 2.75) is 62.3 Å². The fourth-order valence-corrected chi connectivity index (χ4v) is 6.05. The molecule has 4 rings (SSSR count). The summed E-state index contributed by atoms with van der Waals surface area (Å²) < 4.78 is 0. The zero-order chi connectivity index (χ0) is 23.5. The summed E-state index contributed by atoms with van der Waals surface area (Å²) in [7, 11) is 0. The molecule has 1 heterocycles. The Labute approximate surface area is 213 Å². The highest BCUT2D eigenvalue weighted by Gasteiger charge is 2.42. The quantitative estimate of drug-likeness (QED) is 0.599. The number of carbonyl (C=O) groups excluding carboxylic acids is 2. The first-order valence-electron chi connectivity index (χ1n) is 11.9. The van der Waals surface area contributed by atoms with Crippen LogP contribution in [0.1, 0.15) is 49.8 Å². The number of nitrogens with one attached hydrogen (secondary N) is 1. The van der Waals surface area contributed by atoms with Gasteiger partial charge < -0.3 is 16.0 Å². The van der Waals surface area contributed by atoms with Gasteiger partial charge in [0, 0.05) is 24.6 Å². The van der Waals surface area contributed by atoms with Gasteiger partial charge in [-0.1, -0.05) is 54.6 Å². The molecule has 1 atom stereocenters. The average Bonchev–Trinajstić information content (AvgIpc) is 3.16. The monoisotopic (exact) mass is 501 g/mol. The highest BCUT2D eigenvalue weighted by Crippen LogP contribution is 2.46. The van der Waals surface area contributed by atoms with E-state index in [1.165, 1.54) is 23.1 Å². The summed E-state index contributed by atoms with van der Waals surface area (Å²) in [5.41, 5.74) is 9.33. The summed E-state index contributed by atoms with van der Waals surface area (Å²) in [6, 6.07) is 18.4. The van der Waals surface area contributed by atoms with Crippen LogP contribution in [0.4, 0.5) is 0 Å². The van der Waals surface area contributed by atoms with Gasteiger partial charge in [-0.25, -0.2) is 0 Å². The van der Waals surface area contributed by atoms with Crippen molar-refractivity contribution in [2.24, 2.45) is 5.73 Å². The van der Waals surface area contributed by atoms with Crippen molar-refractivity contribution in [1.29, 1.82) is 0 Å². The van der Waals surface area contributed by atoms with E-state index in [1.54, 1.807) is 25.6 Å². The van der Waals surface area contributed by atoms with E-state index in [4.69, 9.17) is 5.73 Å². The molecule has 184 valence electrons. The minimum absolute atomic E-state index is 0. The van der Waals surface area contributed by atoms with Gasteiger partial charge in [-0.15, -0.1) is 12.4 Å². The summed E-state index contributed by atoms with van der Waals surface area (Å²) in [6.07, 6.45) is 4.26. The van der Waals surface area contributed by atoms with Crippen LogP contribution in [0.5, 0.6) is 0 Å². The molecule has 3 N–H and O–H groups in total. The molecule has 7 heteroatoms. The second kappa shape index (κ2) is 11.1. The van der Waals surface area contributed by atoms with Gasteiger partial charge in [-0.05, 0) is 61.6 Å². The van der Waals surface area contributed by atoms with Crippen LogP contribution in [0.2, 0.25) is 0 Å². The summed E-state index contributed by atoms with van der Waals surface area (Å²) in [6.45, 7) is 4.80. The third-order valence-corrected chi connectivity index (χ3v) is 8.19. The second-order valence-corrected chi connectivity index (χ2v) is 11.0. The lowest BCUT2D eigenvalue weighted by atomic mass is 9.74. The van der Waals surface area contributed by atoms with Gasteiger partial charge in [0.05, 0.1) is 5.54 Å². The van der Waals surface area contributed by atoms with Crippen molar-refractivity contribution in [1.82, 2.24) is 10.2 Å². The molecule has 34 heavy (non-hydrogen) atoms. The van der Waals surface area contributed by atoms with Gasteiger partial charge in [-0.3, -0.25) is 9.59 Å². The largest absolute Gasteiger partial charge is 0.342 e. The van der Waals surface area contributed by atoms with Crippen LogP contribution in [-0.2, 0) is 27.2 Å². The smallest absolute Gasteiger partial charge is 0.246 e. The van der Waals surface area contributed by atoms with Gasteiger partial charge in [0.2, 0.25) is 11.8 Å². The number of hydrogen-bond donors (Lipinski definition) is 2. The zero-order valence-electron chi connectivity index (χ0n) is 20.1. The number of nitrogens with zero attached hydrogens (tertiary/aromatic N) is 1. The maximum Gasteiger partial charge on any atom is 0.246 e. The van der Waals surface area contributed by atoms with E-state index in [1.807, 2.05) is 23.1 Å². The Bertz CT molecular complexity index is 985. The predicted octanol–water partition coefficient (Wildman–Crippen LogP) is 4.07. The lowest BCUT2D eigenvalue weighted by Gasteiger charge is -2.41. The Morgan fingerprint density at radius 1 is 1.06 bits per heavy atom. The summed E-state index contributed by atoms with van der Waals surface area (Å²) in [5.74, 6) is 1.04. The fourth-order valence-electron chi connectivity index (χ4n) is 5.05. The highest BCUT2D eigenvalue weighted by molar-refractivity contribution is 7.98. The molecule has 1 saturated heterocycles. The number of benzene rings is 2. The normalized spacial score (nSPS) is 17.6. The lowest BCUT2D eigenvalue weighted by molar-refractivity contribution is -0.138. The van der Waals surface area contributed by atoms with Crippen LogP contribution in [0.15, 0.2) is 54.6 Å². The minimum atomic E-state index is -1.03. The van der Waals surface area contributed by atoms with Crippen molar-refractivity contribution < 1.29 is 9.59 Å². The molecule has 1 spiro atoms. The van der Waals surface area contributed by atoms with E-state index in [-0.39, 0.29) is 29.6 Å². The molecule has 2 aromatic carbocycles. The standard InChI is InChI=1S/C27H35N3O2S.ClH/c1-26(2,28)25(32)29-23(19-33-18-20-8-4-3-5-9-20)24(31)30-16-14-27(15-17-30)13-12-21-10-6-7-11-22(21)27;/h3-11,23H,12-19,28H2,1-2H3,(H,29,32);1H. The molecule has 1 aliphatic heterocycles. The molecule has 5 nitrogen and oxygen atoms in total. The molecule has 0 radical (unpaired) electrons. The predicted molar refractivity (Wildman–Crippen MR) is 142 cm³/mol. The maximum atomic E-state index is 13.5. The molecule has 2 aliphatic rings. The van der Waals surface area contributed by atoms with Crippen molar-refractivity contribution in [3.05, 3.63) is 71.3 Å². The third kappa shape index (κ3) is 5.96. The van der Waals surface area contributed by atoms with Crippen LogP contribution < -0.4 is 11.1 Å². The fraction of sp³-hybridized carbons (Fsp3) is 0.481. The van der Waals surface area contributed by atoms with Gasteiger partial charge in [0.15, 0.2) is 0 Å². The van der Waals surface area contributed by atoms with Crippen molar-refractivity contribution in [2.75, 3.05) is 18.8 Å². The van der Waals surface area contributed by atoms with Crippen molar-refractivity contribution >= 4 is 36.0 Å². The Morgan fingerprint density at radius 2 is 1.71 bits per heavy atom. The van der Waals surface area contributed by atoms with E-state index >= 15 is 0 Å². The summed E-state index contributed by atoms with van der Waals surface area (Å²) >= 11 is 1.67. The average molecular weight is 502 g/mol. The number of hydrogen-bond acceptors (Lipinski definition) is 4.